The Morgan fingerprint density at radius 1 is 1.31 bits per heavy atom. The van der Waals surface area contributed by atoms with Crippen molar-refractivity contribution in [3.63, 3.8) is 0 Å². The van der Waals surface area contributed by atoms with Crippen LogP contribution in [0.25, 0.3) is 0 Å². The van der Waals surface area contributed by atoms with Gasteiger partial charge in [0, 0.05) is 12.6 Å². The van der Waals surface area contributed by atoms with Gasteiger partial charge in [0.25, 0.3) is 6.43 Å². The number of ether oxygens (including phenoxy) is 2. The molecule has 0 amide bonds. The molecule has 0 aromatic rings. The molecule has 1 aliphatic heterocycles. The van der Waals surface area contributed by atoms with Gasteiger partial charge in [-0.25, -0.2) is 8.78 Å². The second kappa shape index (κ2) is 7.14. The molecule has 3 nitrogen and oxygen atoms in total. The average Bonchev–Trinajstić information content (AvgIpc) is 2.62. The van der Waals surface area contributed by atoms with Crippen molar-refractivity contribution in [2.24, 2.45) is 0 Å². The van der Waals surface area contributed by atoms with Crippen molar-refractivity contribution in [3.05, 3.63) is 0 Å². The van der Waals surface area contributed by atoms with Gasteiger partial charge in [-0.3, -0.25) is 0 Å². The van der Waals surface area contributed by atoms with Crippen molar-refractivity contribution in [1.82, 2.24) is 5.32 Å². The number of alkyl halides is 2. The third kappa shape index (κ3) is 5.72. The largest absolute Gasteiger partial charge is 0.373 e. The van der Waals surface area contributed by atoms with Gasteiger partial charge in [0.1, 0.15) is 6.61 Å². The molecule has 96 valence electrons. The lowest BCUT2D eigenvalue weighted by Gasteiger charge is -2.16. The Bertz CT molecular complexity index is 191. The van der Waals surface area contributed by atoms with Crippen molar-refractivity contribution in [1.29, 1.82) is 0 Å². The number of halogens is 2. The average molecular weight is 237 g/mol. The molecular weight excluding hydrogens is 216 g/mol. The van der Waals surface area contributed by atoms with E-state index in [1.165, 1.54) is 0 Å². The predicted octanol–water partition coefficient (Wildman–Crippen LogP) is 1.81. The summed E-state index contributed by atoms with van der Waals surface area (Å²) in [5.41, 5.74) is 0. The summed E-state index contributed by atoms with van der Waals surface area (Å²) in [5, 5.41) is 3.30. The molecule has 0 saturated carbocycles. The monoisotopic (exact) mass is 237 g/mol. The highest BCUT2D eigenvalue weighted by Gasteiger charge is 2.25. The summed E-state index contributed by atoms with van der Waals surface area (Å²) in [4.78, 5) is 0. The zero-order valence-electron chi connectivity index (χ0n) is 9.92. The van der Waals surface area contributed by atoms with Crippen LogP contribution in [-0.4, -0.2) is 44.4 Å². The maximum Gasteiger partial charge on any atom is 0.261 e. The molecule has 2 unspecified atom stereocenters. The van der Waals surface area contributed by atoms with Crippen LogP contribution in [0.4, 0.5) is 8.78 Å². The van der Waals surface area contributed by atoms with Crippen molar-refractivity contribution in [3.8, 4) is 0 Å². The smallest absolute Gasteiger partial charge is 0.261 e. The summed E-state index contributed by atoms with van der Waals surface area (Å²) < 4.78 is 34.2. The summed E-state index contributed by atoms with van der Waals surface area (Å²) in [5.74, 6) is 0. The topological polar surface area (TPSA) is 30.5 Å². The van der Waals surface area contributed by atoms with Crippen LogP contribution < -0.4 is 5.32 Å². The minimum absolute atomic E-state index is 0.0160. The van der Waals surface area contributed by atoms with Crippen LogP contribution in [0.15, 0.2) is 0 Å². The number of nitrogens with one attached hydrogen (secondary N) is 1. The molecule has 0 aliphatic carbocycles. The molecule has 0 radical (unpaired) electrons. The Kier molecular flexibility index (Phi) is 6.16. The zero-order chi connectivity index (χ0) is 12.0. The van der Waals surface area contributed by atoms with Crippen LogP contribution >= 0.6 is 0 Å². The van der Waals surface area contributed by atoms with Gasteiger partial charge in [0.05, 0.1) is 18.8 Å². The first-order chi connectivity index (χ1) is 7.58. The fourth-order valence-electron chi connectivity index (χ4n) is 1.71. The highest BCUT2D eigenvalue weighted by atomic mass is 19.3. The van der Waals surface area contributed by atoms with Gasteiger partial charge in [-0.05, 0) is 12.8 Å². The van der Waals surface area contributed by atoms with E-state index in [9.17, 15) is 8.78 Å². The fraction of sp³-hybridized carbons (Fsp3) is 1.00. The van der Waals surface area contributed by atoms with Crippen LogP contribution in [0.5, 0.6) is 0 Å². The van der Waals surface area contributed by atoms with Crippen LogP contribution in [-0.2, 0) is 9.47 Å². The van der Waals surface area contributed by atoms with Crippen LogP contribution in [0.3, 0.4) is 0 Å². The first kappa shape index (κ1) is 13.8. The van der Waals surface area contributed by atoms with Crippen molar-refractivity contribution in [2.75, 3.05) is 19.8 Å². The maximum absolute atomic E-state index is 11.8. The molecule has 16 heavy (non-hydrogen) atoms. The van der Waals surface area contributed by atoms with E-state index in [-0.39, 0.29) is 18.8 Å². The van der Waals surface area contributed by atoms with E-state index in [1.807, 2.05) is 0 Å². The summed E-state index contributed by atoms with van der Waals surface area (Å²) in [6.07, 6.45) is -0.337. The lowest BCUT2D eigenvalue weighted by Crippen LogP contribution is -2.32. The van der Waals surface area contributed by atoms with E-state index >= 15 is 0 Å². The molecular formula is C11H21F2NO2. The molecule has 1 aliphatic rings. The van der Waals surface area contributed by atoms with Gasteiger partial charge >= 0.3 is 0 Å². The molecule has 5 heteroatoms. The van der Waals surface area contributed by atoms with E-state index in [0.717, 1.165) is 19.4 Å². The first-order valence-corrected chi connectivity index (χ1v) is 5.82. The molecule has 0 spiro atoms. The molecule has 0 aromatic carbocycles. The number of hydrogen-bond acceptors (Lipinski definition) is 3. The summed E-state index contributed by atoms with van der Waals surface area (Å²) >= 11 is 0. The van der Waals surface area contributed by atoms with E-state index in [4.69, 9.17) is 9.47 Å². The highest BCUT2D eigenvalue weighted by molar-refractivity contribution is 4.75. The van der Waals surface area contributed by atoms with Crippen LogP contribution in [0, 0.1) is 0 Å². The molecule has 0 bridgehead atoms. The quantitative estimate of drug-likeness (QED) is 0.732. The molecule has 1 heterocycles. The van der Waals surface area contributed by atoms with Gasteiger partial charge in [-0.2, -0.15) is 0 Å². The normalized spacial score (nSPS) is 25.9. The molecule has 2 atom stereocenters. The molecule has 1 rings (SSSR count). The summed E-state index contributed by atoms with van der Waals surface area (Å²) in [7, 11) is 0. The summed E-state index contributed by atoms with van der Waals surface area (Å²) in [6.45, 7) is 4.77. The van der Waals surface area contributed by atoms with Crippen molar-refractivity contribution >= 4 is 0 Å². The van der Waals surface area contributed by atoms with Gasteiger partial charge < -0.3 is 14.8 Å². The van der Waals surface area contributed by atoms with Crippen LogP contribution in [0.1, 0.15) is 26.7 Å². The Balaban J connectivity index is 2.05. The lowest BCUT2D eigenvalue weighted by molar-refractivity contribution is -0.0436. The minimum Gasteiger partial charge on any atom is -0.373 e. The Morgan fingerprint density at radius 3 is 2.62 bits per heavy atom. The van der Waals surface area contributed by atoms with Gasteiger partial charge in [-0.1, -0.05) is 13.8 Å². The van der Waals surface area contributed by atoms with E-state index < -0.39 is 13.0 Å². The van der Waals surface area contributed by atoms with Crippen LogP contribution in [0.2, 0.25) is 0 Å². The second-order valence-corrected chi connectivity index (χ2v) is 4.45. The van der Waals surface area contributed by atoms with Gasteiger partial charge in [0.2, 0.25) is 0 Å². The number of hydrogen-bond donors (Lipinski definition) is 1. The summed E-state index contributed by atoms with van der Waals surface area (Å²) in [6, 6.07) is 0.442. The van der Waals surface area contributed by atoms with Crippen molar-refractivity contribution in [2.45, 2.75) is 51.4 Å². The standard InChI is InChI=1S/C11H21F2NO2/c1-8(2)14-5-9-3-4-10(16-9)6-15-7-11(12)13/h8-11,14H,3-7H2,1-2H3. The SMILES string of the molecule is CC(C)NCC1CCC(COCC(F)F)O1. The Labute approximate surface area is 95.5 Å². The second-order valence-electron chi connectivity index (χ2n) is 4.45. The fourth-order valence-corrected chi connectivity index (χ4v) is 1.71. The molecule has 1 N–H and O–H groups in total. The predicted molar refractivity (Wildman–Crippen MR) is 57.9 cm³/mol. The molecule has 0 aromatic heterocycles. The Hall–Kier alpha value is -0.260. The highest BCUT2D eigenvalue weighted by Crippen LogP contribution is 2.19. The molecule has 1 saturated heterocycles. The van der Waals surface area contributed by atoms with E-state index in [1.54, 1.807) is 0 Å². The minimum atomic E-state index is -2.39. The zero-order valence-corrected chi connectivity index (χ0v) is 9.92. The first-order valence-electron chi connectivity index (χ1n) is 5.82. The third-order valence-corrected chi connectivity index (χ3v) is 2.50. The third-order valence-electron chi connectivity index (χ3n) is 2.50. The Morgan fingerprint density at radius 2 is 2.00 bits per heavy atom. The molecule has 1 fully saturated rings. The maximum atomic E-state index is 11.8. The van der Waals surface area contributed by atoms with Gasteiger partial charge in [-0.15, -0.1) is 0 Å². The van der Waals surface area contributed by atoms with E-state index in [0.29, 0.717) is 6.04 Å². The van der Waals surface area contributed by atoms with Crippen molar-refractivity contribution < 1.29 is 18.3 Å². The van der Waals surface area contributed by atoms with E-state index in [2.05, 4.69) is 19.2 Å². The van der Waals surface area contributed by atoms with Gasteiger partial charge in [0.15, 0.2) is 0 Å². The number of rotatable bonds is 7. The lowest BCUT2D eigenvalue weighted by atomic mass is 10.2.